The fourth-order valence-corrected chi connectivity index (χ4v) is 4.07. The fraction of sp³-hybridized carbons (Fsp3) is 0.364. The molecular weight excluding hydrogens is 429 g/mol. The van der Waals surface area contributed by atoms with E-state index in [0.29, 0.717) is 53.4 Å². The van der Waals surface area contributed by atoms with E-state index >= 15 is 0 Å². The topological polar surface area (TPSA) is 126 Å². The lowest BCUT2D eigenvalue weighted by Gasteiger charge is -2.30. The zero-order valence-electron chi connectivity index (χ0n) is 17.9. The van der Waals surface area contributed by atoms with Crippen LogP contribution in [0.1, 0.15) is 19.3 Å². The van der Waals surface area contributed by atoms with Crippen LogP contribution in [0.2, 0.25) is 0 Å². The van der Waals surface area contributed by atoms with Crippen molar-refractivity contribution in [2.75, 3.05) is 36.2 Å². The minimum atomic E-state index is -0.472. The van der Waals surface area contributed by atoms with Crippen LogP contribution in [-0.4, -0.2) is 40.8 Å². The van der Waals surface area contributed by atoms with Gasteiger partial charge in [0.1, 0.15) is 36.4 Å². The molecule has 0 radical (unpaired) electrons. The van der Waals surface area contributed by atoms with Crippen molar-refractivity contribution < 1.29 is 18.7 Å². The second-order valence-electron chi connectivity index (χ2n) is 8.00. The Bertz CT molecular complexity index is 1270. The van der Waals surface area contributed by atoms with Crippen LogP contribution in [0.3, 0.4) is 0 Å². The number of carbonyl (C=O) groups excluding carboxylic acids is 1. The first-order chi connectivity index (χ1) is 16.1. The number of nitrogens with zero attached hydrogens (tertiary/aromatic N) is 4. The van der Waals surface area contributed by atoms with E-state index < -0.39 is 5.82 Å². The van der Waals surface area contributed by atoms with Crippen molar-refractivity contribution in [2.24, 2.45) is 11.8 Å². The first kappa shape index (κ1) is 20.8. The summed E-state index contributed by atoms with van der Waals surface area (Å²) in [6, 6.07) is 6.54. The van der Waals surface area contributed by atoms with Gasteiger partial charge in [0.15, 0.2) is 17.1 Å². The van der Waals surface area contributed by atoms with Crippen LogP contribution >= 0.6 is 0 Å². The maximum absolute atomic E-state index is 14.1. The molecule has 0 bridgehead atoms. The summed E-state index contributed by atoms with van der Waals surface area (Å²) in [5, 5.41) is 22.4. The van der Waals surface area contributed by atoms with E-state index in [4.69, 9.17) is 14.7 Å². The third-order valence-electron chi connectivity index (χ3n) is 5.90. The molecule has 2 aromatic heterocycles. The van der Waals surface area contributed by atoms with Gasteiger partial charge in [-0.05, 0) is 18.8 Å². The molecule has 3 aromatic rings. The van der Waals surface area contributed by atoms with Gasteiger partial charge >= 0.3 is 0 Å². The predicted molar refractivity (Wildman–Crippen MR) is 118 cm³/mol. The van der Waals surface area contributed by atoms with E-state index in [1.807, 2.05) is 0 Å². The van der Waals surface area contributed by atoms with E-state index in [9.17, 15) is 9.18 Å². The molecule has 1 aliphatic carbocycles. The molecule has 1 aliphatic heterocycles. The summed E-state index contributed by atoms with van der Waals surface area (Å²) < 4.78 is 26.8. The average Bonchev–Trinajstić information content (AvgIpc) is 3.19. The molecule has 10 nitrogen and oxygen atoms in total. The van der Waals surface area contributed by atoms with Crippen LogP contribution in [0.5, 0.6) is 11.5 Å². The van der Waals surface area contributed by atoms with Gasteiger partial charge in [0.05, 0.1) is 18.0 Å². The Kier molecular flexibility index (Phi) is 5.34. The van der Waals surface area contributed by atoms with Crippen LogP contribution in [0, 0.1) is 29.0 Å². The van der Waals surface area contributed by atoms with E-state index in [1.165, 1.54) is 18.3 Å². The molecule has 0 saturated heterocycles. The first-order valence-electron chi connectivity index (χ1n) is 10.7. The summed E-state index contributed by atoms with van der Waals surface area (Å²) in [4.78, 5) is 17.1. The summed E-state index contributed by atoms with van der Waals surface area (Å²) in [6.07, 6.45) is 3.51. The number of amides is 1. The van der Waals surface area contributed by atoms with Crippen LogP contribution in [0.15, 0.2) is 24.4 Å². The lowest BCUT2D eigenvalue weighted by Crippen LogP contribution is -2.29. The number of rotatable bonds is 6. The van der Waals surface area contributed by atoms with Gasteiger partial charge in [0.2, 0.25) is 5.91 Å². The Morgan fingerprint density at radius 3 is 2.88 bits per heavy atom. The second kappa shape index (κ2) is 8.46. The number of halogens is 1. The third-order valence-corrected chi connectivity index (χ3v) is 5.90. The van der Waals surface area contributed by atoms with Crippen molar-refractivity contribution in [1.29, 1.82) is 5.26 Å². The number of nitrogens with one attached hydrogen (secondary N) is 3. The summed E-state index contributed by atoms with van der Waals surface area (Å²) in [6.45, 7) is 0.701. The molecule has 3 heterocycles. The largest absolute Gasteiger partial charge is 0.486 e. The number of fused-ring (bicyclic) bond motifs is 2. The minimum Gasteiger partial charge on any atom is -0.486 e. The van der Waals surface area contributed by atoms with Crippen molar-refractivity contribution in [3.8, 4) is 17.6 Å². The SMILES string of the molecule is CNc1cc(Nc2cc(F)cc3c2OCCO3)nc2c(NC(=O)CC3CCC3C#N)cnn12. The van der Waals surface area contributed by atoms with E-state index in [-0.39, 0.29) is 24.2 Å². The van der Waals surface area contributed by atoms with E-state index in [0.717, 1.165) is 12.8 Å². The number of ether oxygens (including phenoxy) is 2. The molecule has 1 fully saturated rings. The van der Waals surface area contributed by atoms with Crippen molar-refractivity contribution in [2.45, 2.75) is 19.3 Å². The van der Waals surface area contributed by atoms with Crippen LogP contribution in [0.25, 0.3) is 5.65 Å². The molecule has 1 aromatic carbocycles. The molecular formula is C22H22FN7O3. The summed E-state index contributed by atoms with van der Waals surface area (Å²) in [7, 11) is 1.73. The van der Waals surface area contributed by atoms with Gasteiger partial charge in [-0.15, -0.1) is 0 Å². The molecule has 0 spiro atoms. The molecule has 11 heteroatoms. The minimum absolute atomic E-state index is 0.0622. The van der Waals surface area contributed by atoms with Gasteiger partial charge in [-0.1, -0.05) is 0 Å². The molecule has 1 saturated carbocycles. The second-order valence-corrected chi connectivity index (χ2v) is 8.00. The highest BCUT2D eigenvalue weighted by atomic mass is 19.1. The normalized spacial score (nSPS) is 18.8. The maximum Gasteiger partial charge on any atom is 0.224 e. The highest BCUT2D eigenvalue weighted by molar-refractivity contribution is 5.94. The summed E-state index contributed by atoms with van der Waals surface area (Å²) in [5.41, 5.74) is 1.22. The molecule has 33 heavy (non-hydrogen) atoms. The number of hydrogen-bond acceptors (Lipinski definition) is 8. The van der Waals surface area contributed by atoms with Gasteiger partial charge in [0.25, 0.3) is 0 Å². The van der Waals surface area contributed by atoms with Crippen LogP contribution in [0.4, 0.5) is 27.4 Å². The molecule has 2 atom stereocenters. The highest BCUT2D eigenvalue weighted by Gasteiger charge is 2.32. The monoisotopic (exact) mass is 451 g/mol. The van der Waals surface area contributed by atoms with E-state index in [2.05, 4.69) is 32.1 Å². The number of hydrogen-bond donors (Lipinski definition) is 3. The molecule has 170 valence electrons. The standard InChI is InChI=1S/C22H22FN7O3/c1-25-19-9-18(27-15-7-14(23)8-17-21(15)33-5-4-32-17)29-22-16(11-26-30(19)22)28-20(31)6-12-2-3-13(12)10-24/h7-9,11-13,25H,2-6H2,1H3,(H,27,29)(H,28,31). The number of anilines is 4. The Morgan fingerprint density at radius 1 is 1.27 bits per heavy atom. The number of benzene rings is 1. The molecule has 1 amide bonds. The summed E-state index contributed by atoms with van der Waals surface area (Å²) >= 11 is 0. The van der Waals surface area contributed by atoms with Gasteiger partial charge in [-0.2, -0.15) is 14.9 Å². The third kappa shape index (κ3) is 3.95. The Hall–Kier alpha value is -4.07. The van der Waals surface area contributed by atoms with Gasteiger partial charge < -0.3 is 25.4 Å². The van der Waals surface area contributed by atoms with Crippen molar-refractivity contribution in [3.05, 3.63) is 30.2 Å². The number of aromatic nitrogens is 3. The van der Waals surface area contributed by atoms with Crippen LogP contribution in [-0.2, 0) is 4.79 Å². The van der Waals surface area contributed by atoms with Crippen molar-refractivity contribution >= 4 is 34.6 Å². The smallest absolute Gasteiger partial charge is 0.224 e. The average molecular weight is 451 g/mol. The zero-order valence-corrected chi connectivity index (χ0v) is 17.9. The van der Waals surface area contributed by atoms with Gasteiger partial charge in [-0.25, -0.2) is 9.37 Å². The highest BCUT2D eigenvalue weighted by Crippen LogP contribution is 2.40. The van der Waals surface area contributed by atoms with Crippen molar-refractivity contribution in [1.82, 2.24) is 14.6 Å². The Morgan fingerprint density at radius 2 is 2.12 bits per heavy atom. The lowest BCUT2D eigenvalue weighted by molar-refractivity contribution is -0.118. The van der Waals surface area contributed by atoms with Crippen LogP contribution < -0.4 is 25.4 Å². The van der Waals surface area contributed by atoms with E-state index in [1.54, 1.807) is 17.6 Å². The quantitative estimate of drug-likeness (QED) is 0.521. The lowest BCUT2D eigenvalue weighted by atomic mass is 9.73. The number of nitriles is 1. The Balaban J connectivity index is 1.43. The van der Waals surface area contributed by atoms with Gasteiger partial charge in [-0.3, -0.25) is 4.79 Å². The fourth-order valence-electron chi connectivity index (χ4n) is 4.07. The van der Waals surface area contributed by atoms with Crippen molar-refractivity contribution in [3.63, 3.8) is 0 Å². The molecule has 3 N–H and O–H groups in total. The predicted octanol–water partition coefficient (Wildman–Crippen LogP) is 3.30. The number of carbonyl (C=O) groups is 1. The van der Waals surface area contributed by atoms with Gasteiger partial charge in [0, 0.05) is 37.6 Å². The molecule has 5 rings (SSSR count). The Labute approximate surface area is 188 Å². The molecule has 2 unspecified atom stereocenters. The summed E-state index contributed by atoms with van der Waals surface area (Å²) in [5.74, 6) is 1.09. The first-order valence-corrected chi connectivity index (χ1v) is 10.7. The zero-order chi connectivity index (χ0) is 22.9. The molecule has 2 aliphatic rings. The maximum atomic E-state index is 14.1.